The van der Waals surface area contributed by atoms with Crippen molar-refractivity contribution in [3.8, 4) is 5.75 Å². The number of ether oxygens (including phenoxy) is 1. The summed E-state index contributed by atoms with van der Waals surface area (Å²) < 4.78 is 33.5. The Hall–Kier alpha value is -2.91. The first-order valence-electron chi connectivity index (χ1n) is 11.3. The number of carbonyl (C=O) groups is 2. The van der Waals surface area contributed by atoms with Crippen LogP contribution in [0.2, 0.25) is 0 Å². The van der Waals surface area contributed by atoms with E-state index in [0.29, 0.717) is 24.5 Å². The zero-order valence-electron chi connectivity index (χ0n) is 18.7. The molecular formula is C24H29N3O5S. The van der Waals surface area contributed by atoms with E-state index in [9.17, 15) is 18.0 Å². The summed E-state index contributed by atoms with van der Waals surface area (Å²) in [4.78, 5) is 26.8. The van der Waals surface area contributed by atoms with E-state index in [2.05, 4.69) is 5.32 Å². The van der Waals surface area contributed by atoms with Crippen LogP contribution < -0.4 is 15.0 Å². The molecule has 2 heterocycles. The number of anilines is 1. The van der Waals surface area contributed by atoms with Crippen LogP contribution >= 0.6 is 0 Å². The van der Waals surface area contributed by atoms with Crippen LogP contribution in [0.3, 0.4) is 0 Å². The van der Waals surface area contributed by atoms with E-state index < -0.39 is 15.9 Å². The number of rotatable bonds is 6. The van der Waals surface area contributed by atoms with E-state index in [0.717, 1.165) is 31.2 Å². The van der Waals surface area contributed by atoms with Crippen molar-refractivity contribution in [3.05, 3.63) is 54.1 Å². The van der Waals surface area contributed by atoms with Gasteiger partial charge in [0.15, 0.2) is 6.61 Å². The average Bonchev–Trinajstić information content (AvgIpc) is 3.11. The van der Waals surface area contributed by atoms with Gasteiger partial charge in [-0.3, -0.25) is 14.5 Å². The molecule has 176 valence electrons. The van der Waals surface area contributed by atoms with Gasteiger partial charge in [0, 0.05) is 13.1 Å². The fourth-order valence-corrected chi connectivity index (χ4v) is 5.74. The first kappa shape index (κ1) is 23.3. The molecule has 1 atom stereocenters. The fourth-order valence-electron chi connectivity index (χ4n) is 4.20. The van der Waals surface area contributed by atoms with Crippen molar-refractivity contribution >= 4 is 27.5 Å². The van der Waals surface area contributed by atoms with Crippen molar-refractivity contribution in [1.29, 1.82) is 0 Å². The molecule has 0 saturated carbocycles. The maximum absolute atomic E-state index is 13.2. The molecule has 33 heavy (non-hydrogen) atoms. The molecule has 8 nitrogen and oxygen atoms in total. The number of hydrogen-bond acceptors (Lipinski definition) is 5. The lowest BCUT2D eigenvalue weighted by molar-refractivity contribution is -0.125. The van der Waals surface area contributed by atoms with Gasteiger partial charge in [-0.2, -0.15) is 4.31 Å². The monoisotopic (exact) mass is 471 g/mol. The Kier molecular flexibility index (Phi) is 6.99. The van der Waals surface area contributed by atoms with Crippen LogP contribution in [0.5, 0.6) is 5.75 Å². The number of benzene rings is 2. The molecule has 0 spiro atoms. The molecule has 1 N–H and O–H groups in total. The quantitative estimate of drug-likeness (QED) is 0.699. The molecule has 9 heteroatoms. The van der Waals surface area contributed by atoms with Crippen molar-refractivity contribution in [2.75, 3.05) is 31.1 Å². The normalized spacial score (nSPS) is 18.1. The van der Waals surface area contributed by atoms with Crippen molar-refractivity contribution < 1.29 is 22.7 Å². The van der Waals surface area contributed by atoms with E-state index >= 15 is 0 Å². The number of hydrogen-bond donors (Lipinski definition) is 1. The number of nitrogens with one attached hydrogen (secondary N) is 1. The summed E-state index contributed by atoms with van der Waals surface area (Å²) in [5.74, 6) is -0.351. The zero-order valence-corrected chi connectivity index (χ0v) is 19.5. The lowest BCUT2D eigenvalue weighted by atomic mass is 10.1. The minimum absolute atomic E-state index is 0.101. The summed E-state index contributed by atoms with van der Waals surface area (Å²) in [6.45, 7) is 2.41. The van der Waals surface area contributed by atoms with Gasteiger partial charge in [0.05, 0.1) is 16.6 Å². The largest absolute Gasteiger partial charge is 0.482 e. The molecule has 2 aliphatic heterocycles. The average molecular weight is 472 g/mol. The van der Waals surface area contributed by atoms with Gasteiger partial charge in [-0.05, 0) is 43.5 Å². The van der Waals surface area contributed by atoms with Crippen LogP contribution in [-0.2, 0) is 19.6 Å². The van der Waals surface area contributed by atoms with Gasteiger partial charge < -0.3 is 10.1 Å². The minimum atomic E-state index is -3.70. The van der Waals surface area contributed by atoms with Crippen LogP contribution in [0.15, 0.2) is 53.4 Å². The Morgan fingerprint density at radius 1 is 1.06 bits per heavy atom. The lowest BCUT2D eigenvalue weighted by Gasteiger charge is -2.30. The second kappa shape index (κ2) is 9.93. The molecule has 2 aromatic rings. The maximum atomic E-state index is 13.2. The molecule has 2 aliphatic rings. The number of carbonyl (C=O) groups excluding carboxylic acids is 2. The summed E-state index contributed by atoms with van der Waals surface area (Å²) in [5.41, 5.74) is 1.25. The molecular weight excluding hydrogens is 442 g/mol. The van der Waals surface area contributed by atoms with Gasteiger partial charge in [0.25, 0.3) is 5.91 Å². The highest BCUT2D eigenvalue weighted by Crippen LogP contribution is 2.35. The smallest absolute Gasteiger partial charge is 0.265 e. The van der Waals surface area contributed by atoms with Gasteiger partial charge in [0.1, 0.15) is 12.3 Å². The first-order chi connectivity index (χ1) is 15.9. The van der Waals surface area contributed by atoms with Crippen LogP contribution in [-0.4, -0.2) is 50.8 Å². The van der Waals surface area contributed by atoms with Gasteiger partial charge in [-0.15, -0.1) is 0 Å². The van der Waals surface area contributed by atoms with E-state index in [1.165, 1.54) is 21.3 Å². The van der Waals surface area contributed by atoms with E-state index in [-0.39, 0.29) is 30.0 Å². The maximum Gasteiger partial charge on any atom is 0.265 e. The summed E-state index contributed by atoms with van der Waals surface area (Å²) >= 11 is 0. The lowest BCUT2D eigenvalue weighted by Crippen LogP contribution is -2.45. The molecule has 4 rings (SSSR count). The highest BCUT2D eigenvalue weighted by atomic mass is 32.2. The van der Waals surface area contributed by atoms with Crippen molar-refractivity contribution in [3.63, 3.8) is 0 Å². The highest BCUT2D eigenvalue weighted by Gasteiger charge is 2.31. The Labute approximate surface area is 194 Å². The third kappa shape index (κ3) is 5.20. The third-order valence-electron chi connectivity index (χ3n) is 6.05. The molecule has 0 aliphatic carbocycles. The Bertz CT molecular complexity index is 1110. The third-order valence-corrected chi connectivity index (χ3v) is 7.95. The highest BCUT2D eigenvalue weighted by molar-refractivity contribution is 7.89. The molecule has 2 aromatic carbocycles. The van der Waals surface area contributed by atoms with Crippen molar-refractivity contribution in [1.82, 2.24) is 9.62 Å². The van der Waals surface area contributed by atoms with Crippen LogP contribution in [0.1, 0.15) is 44.2 Å². The molecule has 1 saturated heterocycles. The Morgan fingerprint density at radius 3 is 2.45 bits per heavy atom. The van der Waals surface area contributed by atoms with Crippen LogP contribution in [0.4, 0.5) is 5.69 Å². The number of fused-ring (bicyclic) bond motifs is 1. The Morgan fingerprint density at radius 2 is 1.76 bits per heavy atom. The Balaban J connectivity index is 1.55. The predicted octanol–water partition coefficient (Wildman–Crippen LogP) is 2.85. The second-order valence-corrected chi connectivity index (χ2v) is 10.4. The van der Waals surface area contributed by atoms with Crippen molar-refractivity contribution in [2.45, 2.75) is 43.5 Å². The van der Waals surface area contributed by atoms with Crippen LogP contribution in [0, 0.1) is 0 Å². The SMILES string of the molecule is C[C@@H](NC(=O)CN1C(=O)COc2ccc(S(=O)(=O)N3CCCCCC3)cc21)c1ccccc1. The van der Waals surface area contributed by atoms with Gasteiger partial charge in [0.2, 0.25) is 15.9 Å². The molecule has 0 radical (unpaired) electrons. The summed E-state index contributed by atoms with van der Waals surface area (Å²) in [6, 6.07) is 13.8. The number of nitrogens with zero attached hydrogens (tertiary/aromatic N) is 2. The predicted molar refractivity (Wildman–Crippen MR) is 125 cm³/mol. The van der Waals surface area contributed by atoms with E-state index in [4.69, 9.17) is 4.74 Å². The summed E-state index contributed by atoms with van der Waals surface area (Å²) in [7, 11) is -3.70. The van der Waals surface area contributed by atoms with Gasteiger partial charge in [-0.1, -0.05) is 43.2 Å². The summed E-state index contributed by atoms with van der Waals surface area (Å²) in [6.07, 6.45) is 3.70. The number of sulfonamides is 1. The van der Waals surface area contributed by atoms with Crippen LogP contribution in [0.25, 0.3) is 0 Å². The topological polar surface area (TPSA) is 96.0 Å². The van der Waals surface area contributed by atoms with Gasteiger partial charge in [-0.25, -0.2) is 8.42 Å². The molecule has 1 fully saturated rings. The fraction of sp³-hybridized carbons (Fsp3) is 0.417. The zero-order chi connectivity index (χ0) is 23.4. The minimum Gasteiger partial charge on any atom is -0.482 e. The second-order valence-electron chi connectivity index (χ2n) is 8.42. The molecule has 0 unspecified atom stereocenters. The molecule has 2 amide bonds. The van der Waals surface area contributed by atoms with Gasteiger partial charge >= 0.3 is 0 Å². The van der Waals surface area contributed by atoms with E-state index in [1.54, 1.807) is 6.07 Å². The molecule has 0 bridgehead atoms. The standard InChI is InChI=1S/C24H29N3O5S/c1-18(19-9-5-4-6-10-19)25-23(28)16-27-21-15-20(11-12-22(21)32-17-24(27)29)33(30,31)26-13-7-2-3-8-14-26/h4-6,9-12,15,18H,2-3,7-8,13-14,16-17H2,1H3,(H,25,28)/t18-/m1/s1. The van der Waals surface area contributed by atoms with E-state index in [1.807, 2.05) is 37.3 Å². The molecule has 0 aromatic heterocycles. The summed E-state index contributed by atoms with van der Waals surface area (Å²) in [5, 5.41) is 2.90. The van der Waals surface area contributed by atoms with Crippen molar-refractivity contribution in [2.24, 2.45) is 0 Å². The first-order valence-corrected chi connectivity index (χ1v) is 12.7. The number of amides is 2.